The Kier molecular flexibility index (Phi) is 1.63. The normalized spacial score (nSPS) is 12.7. The summed E-state index contributed by atoms with van der Waals surface area (Å²) in [5.41, 5.74) is 3.27. The van der Waals surface area contributed by atoms with Crippen molar-refractivity contribution in [2.24, 2.45) is 7.05 Å². The Morgan fingerprint density at radius 3 is 3.00 bits per heavy atom. The van der Waals surface area contributed by atoms with Crippen LogP contribution in [0.4, 0.5) is 0 Å². The predicted molar refractivity (Wildman–Crippen MR) is 67.3 cm³/mol. The summed E-state index contributed by atoms with van der Waals surface area (Å²) in [7, 11) is 1.81. The number of hydrogen-bond donors (Lipinski definition) is 0. The van der Waals surface area contributed by atoms with E-state index < -0.39 is 0 Å². The second kappa shape index (κ2) is 3.07. The molecular formula is C13H10N4O. The lowest BCUT2D eigenvalue weighted by Gasteiger charge is -2.02. The summed E-state index contributed by atoms with van der Waals surface area (Å²) in [6.45, 7) is 0.751. The first-order valence-corrected chi connectivity index (χ1v) is 5.76. The van der Waals surface area contributed by atoms with Gasteiger partial charge < -0.3 is 4.57 Å². The van der Waals surface area contributed by atoms with Crippen LogP contribution in [0, 0.1) is 0 Å². The Bertz CT molecular complexity index is 844. The monoisotopic (exact) mass is 238 g/mol. The summed E-state index contributed by atoms with van der Waals surface area (Å²) in [6.07, 6.45) is 1.87. The molecule has 18 heavy (non-hydrogen) atoms. The minimum atomic E-state index is -0.256. The topological polar surface area (TPSA) is 52.7 Å². The summed E-state index contributed by atoms with van der Waals surface area (Å²) in [6, 6.07) is 8.04. The van der Waals surface area contributed by atoms with Crippen molar-refractivity contribution in [1.82, 2.24) is 19.3 Å². The van der Waals surface area contributed by atoms with E-state index in [0.29, 0.717) is 5.52 Å². The second-order valence-electron chi connectivity index (χ2n) is 4.52. The molecule has 0 saturated heterocycles. The molecule has 4 rings (SSSR count). The Morgan fingerprint density at radius 1 is 1.28 bits per heavy atom. The Hall–Kier alpha value is -2.43. The van der Waals surface area contributed by atoms with Gasteiger partial charge in [-0.2, -0.15) is 10.1 Å². The van der Waals surface area contributed by atoms with E-state index in [0.717, 1.165) is 23.4 Å². The Balaban J connectivity index is 2.17. The highest BCUT2D eigenvalue weighted by Crippen LogP contribution is 2.31. The van der Waals surface area contributed by atoms with E-state index in [9.17, 15) is 4.79 Å². The molecule has 0 bridgehead atoms. The fraction of sp³-hybridized carbons (Fsp3) is 0.154. The van der Waals surface area contributed by atoms with Crippen molar-refractivity contribution in [1.29, 1.82) is 0 Å². The van der Waals surface area contributed by atoms with E-state index in [1.165, 1.54) is 5.56 Å². The largest absolute Gasteiger partial charge is 0.318 e. The summed E-state index contributed by atoms with van der Waals surface area (Å²) in [5.74, 6) is 0.746. The average molecular weight is 238 g/mol. The lowest BCUT2D eigenvalue weighted by Crippen LogP contribution is -2.12. The Morgan fingerprint density at radius 2 is 2.11 bits per heavy atom. The molecule has 0 N–H and O–H groups in total. The highest BCUT2D eigenvalue weighted by molar-refractivity contribution is 5.79. The van der Waals surface area contributed by atoms with Crippen LogP contribution >= 0.6 is 0 Å². The molecule has 5 heteroatoms. The van der Waals surface area contributed by atoms with E-state index in [4.69, 9.17) is 0 Å². The third-order valence-corrected chi connectivity index (χ3v) is 3.35. The fourth-order valence-electron chi connectivity index (χ4n) is 2.56. The maximum Gasteiger partial charge on any atom is 0.301 e. The second-order valence-corrected chi connectivity index (χ2v) is 4.52. The van der Waals surface area contributed by atoms with Crippen molar-refractivity contribution in [2.75, 3.05) is 0 Å². The number of benzene rings is 1. The number of rotatable bonds is 0. The van der Waals surface area contributed by atoms with Crippen molar-refractivity contribution in [3.05, 3.63) is 46.4 Å². The van der Waals surface area contributed by atoms with Crippen molar-refractivity contribution in [3.63, 3.8) is 0 Å². The van der Waals surface area contributed by atoms with Crippen molar-refractivity contribution >= 4 is 11.0 Å². The number of nitrogens with zero attached hydrogens (tertiary/aromatic N) is 4. The lowest BCUT2D eigenvalue weighted by molar-refractivity contribution is 0.777. The van der Waals surface area contributed by atoms with Gasteiger partial charge in [0.05, 0.1) is 12.1 Å². The van der Waals surface area contributed by atoms with Gasteiger partial charge in [0, 0.05) is 18.8 Å². The quantitative estimate of drug-likeness (QED) is 0.462. The molecule has 1 aromatic carbocycles. The van der Waals surface area contributed by atoms with Crippen LogP contribution in [0.5, 0.6) is 0 Å². The zero-order valence-corrected chi connectivity index (χ0v) is 9.79. The lowest BCUT2D eigenvalue weighted by atomic mass is 10.1. The van der Waals surface area contributed by atoms with Crippen molar-refractivity contribution < 1.29 is 0 Å². The van der Waals surface area contributed by atoms with E-state index in [-0.39, 0.29) is 5.56 Å². The molecule has 0 amide bonds. The molecule has 0 radical (unpaired) electrons. The summed E-state index contributed by atoms with van der Waals surface area (Å²) in [5, 5.41) is 4.17. The maximum absolute atomic E-state index is 12.0. The van der Waals surface area contributed by atoms with Gasteiger partial charge in [-0.25, -0.2) is 0 Å². The van der Waals surface area contributed by atoms with E-state index in [1.54, 1.807) is 4.68 Å². The fourth-order valence-corrected chi connectivity index (χ4v) is 2.56. The molecule has 0 aliphatic carbocycles. The van der Waals surface area contributed by atoms with Crippen LogP contribution in [-0.4, -0.2) is 19.3 Å². The smallest absolute Gasteiger partial charge is 0.301 e. The molecule has 2 aromatic heterocycles. The van der Waals surface area contributed by atoms with Gasteiger partial charge in [-0.3, -0.25) is 9.48 Å². The standard InChI is InChI=1S/C13H10N4O/c1-16-7-10-11(15-16)13(18)14-12-9-5-3-2-4-8(9)6-17(10)12/h2-5,7H,6H2,1H3. The molecule has 0 fully saturated rings. The molecule has 88 valence electrons. The number of aryl methyl sites for hydroxylation is 1. The van der Waals surface area contributed by atoms with Crippen LogP contribution in [0.3, 0.4) is 0 Å². The molecule has 3 heterocycles. The van der Waals surface area contributed by atoms with Gasteiger partial charge in [0.25, 0.3) is 0 Å². The molecule has 3 aromatic rings. The molecule has 5 nitrogen and oxygen atoms in total. The third kappa shape index (κ3) is 1.08. The molecule has 0 saturated carbocycles. The van der Waals surface area contributed by atoms with Crippen LogP contribution in [0.15, 0.2) is 35.3 Å². The van der Waals surface area contributed by atoms with E-state index >= 15 is 0 Å². The van der Waals surface area contributed by atoms with Gasteiger partial charge in [-0.05, 0) is 5.56 Å². The highest BCUT2D eigenvalue weighted by Gasteiger charge is 2.22. The van der Waals surface area contributed by atoms with Crippen LogP contribution in [0.2, 0.25) is 0 Å². The van der Waals surface area contributed by atoms with Crippen LogP contribution in [0.1, 0.15) is 5.56 Å². The van der Waals surface area contributed by atoms with Crippen molar-refractivity contribution in [2.45, 2.75) is 6.54 Å². The number of aromatic nitrogens is 4. The van der Waals surface area contributed by atoms with Crippen LogP contribution in [0.25, 0.3) is 22.4 Å². The molecule has 1 aliphatic heterocycles. The number of hydrogen-bond acceptors (Lipinski definition) is 3. The molecule has 1 aliphatic rings. The zero-order valence-electron chi connectivity index (χ0n) is 9.79. The van der Waals surface area contributed by atoms with Gasteiger partial charge in [0.2, 0.25) is 0 Å². The molecular weight excluding hydrogens is 228 g/mol. The van der Waals surface area contributed by atoms with Gasteiger partial charge in [-0.15, -0.1) is 0 Å². The van der Waals surface area contributed by atoms with Gasteiger partial charge in [0.1, 0.15) is 5.82 Å². The predicted octanol–water partition coefficient (Wildman–Crippen LogP) is 1.16. The minimum Gasteiger partial charge on any atom is -0.318 e. The maximum atomic E-state index is 12.0. The molecule has 0 atom stereocenters. The Labute approximate surface area is 102 Å². The SMILES string of the molecule is Cn1cc2c(n1)c(=O)nc1n2Cc2ccccc2-1. The highest BCUT2D eigenvalue weighted by atomic mass is 16.1. The van der Waals surface area contributed by atoms with Crippen LogP contribution < -0.4 is 5.56 Å². The van der Waals surface area contributed by atoms with Gasteiger partial charge >= 0.3 is 5.56 Å². The summed E-state index contributed by atoms with van der Waals surface area (Å²) in [4.78, 5) is 16.1. The summed E-state index contributed by atoms with van der Waals surface area (Å²) < 4.78 is 3.71. The third-order valence-electron chi connectivity index (χ3n) is 3.35. The first-order valence-electron chi connectivity index (χ1n) is 5.76. The van der Waals surface area contributed by atoms with Gasteiger partial charge in [-0.1, -0.05) is 24.3 Å². The van der Waals surface area contributed by atoms with Crippen LogP contribution in [-0.2, 0) is 13.6 Å². The van der Waals surface area contributed by atoms with E-state index in [1.807, 2.05) is 31.4 Å². The first-order chi connectivity index (χ1) is 8.74. The van der Waals surface area contributed by atoms with Crippen molar-refractivity contribution in [3.8, 4) is 11.4 Å². The zero-order chi connectivity index (χ0) is 12.3. The molecule has 0 spiro atoms. The number of fused-ring (bicyclic) bond motifs is 5. The minimum absolute atomic E-state index is 0.256. The molecule has 0 unspecified atom stereocenters. The summed E-state index contributed by atoms with van der Waals surface area (Å²) >= 11 is 0. The first kappa shape index (κ1) is 9.58. The van der Waals surface area contributed by atoms with Gasteiger partial charge in [0.15, 0.2) is 5.52 Å². The average Bonchev–Trinajstić information content (AvgIpc) is 2.91. The van der Waals surface area contributed by atoms with E-state index in [2.05, 4.69) is 20.7 Å².